The molecule has 0 aliphatic heterocycles. The molecule has 0 fully saturated rings. The summed E-state index contributed by atoms with van der Waals surface area (Å²) in [7, 11) is -2.17. The second-order valence-corrected chi connectivity index (χ2v) is 7.63. The van der Waals surface area contributed by atoms with E-state index in [-0.39, 0.29) is 17.0 Å². The van der Waals surface area contributed by atoms with Gasteiger partial charge in [0.25, 0.3) is 0 Å². The van der Waals surface area contributed by atoms with E-state index in [1.165, 1.54) is 12.1 Å². The van der Waals surface area contributed by atoms with E-state index in [4.69, 9.17) is 14.6 Å². The van der Waals surface area contributed by atoms with Crippen LogP contribution in [0.1, 0.15) is 13.8 Å². The van der Waals surface area contributed by atoms with E-state index in [9.17, 15) is 8.42 Å². The van der Waals surface area contributed by atoms with E-state index in [2.05, 4.69) is 10.1 Å². The fourth-order valence-corrected chi connectivity index (χ4v) is 2.95. The summed E-state index contributed by atoms with van der Waals surface area (Å²) in [6.07, 6.45) is -0.0886. The van der Waals surface area contributed by atoms with E-state index < -0.39 is 10.0 Å². The molecule has 142 valence electrons. The first-order chi connectivity index (χ1) is 12.8. The Hall–Kier alpha value is -2.91. The van der Waals surface area contributed by atoms with Gasteiger partial charge in [0.05, 0.1) is 23.8 Å². The van der Waals surface area contributed by atoms with Crippen molar-refractivity contribution in [2.45, 2.75) is 24.8 Å². The summed E-state index contributed by atoms with van der Waals surface area (Å²) in [5.74, 6) is 1.28. The van der Waals surface area contributed by atoms with Crippen molar-refractivity contribution >= 4 is 10.0 Å². The van der Waals surface area contributed by atoms with Crippen LogP contribution >= 0.6 is 0 Å². The van der Waals surface area contributed by atoms with Crippen LogP contribution in [0.5, 0.6) is 11.8 Å². The van der Waals surface area contributed by atoms with Gasteiger partial charge in [0.2, 0.25) is 10.0 Å². The minimum Gasteiger partial charge on any atom is -0.497 e. The second-order valence-electron chi connectivity index (χ2n) is 6.06. The molecule has 0 saturated carbocycles. The molecule has 1 aromatic heterocycles. The summed E-state index contributed by atoms with van der Waals surface area (Å²) in [6.45, 7) is 3.77. The van der Waals surface area contributed by atoms with Crippen LogP contribution in [0, 0.1) is 0 Å². The molecule has 1 heterocycles. The number of sulfonamides is 1. The maximum absolute atomic E-state index is 11.5. The average molecular weight is 388 g/mol. The van der Waals surface area contributed by atoms with Gasteiger partial charge in [0.1, 0.15) is 5.75 Å². The molecular formula is C18H20N4O4S. The monoisotopic (exact) mass is 388 g/mol. The van der Waals surface area contributed by atoms with Gasteiger partial charge in [0.15, 0.2) is 5.82 Å². The molecule has 2 N–H and O–H groups in total. The molecule has 0 aliphatic carbocycles. The molecule has 0 aliphatic rings. The van der Waals surface area contributed by atoms with Crippen molar-refractivity contribution in [3.63, 3.8) is 0 Å². The highest BCUT2D eigenvalue weighted by atomic mass is 32.2. The van der Waals surface area contributed by atoms with Crippen molar-refractivity contribution in [1.29, 1.82) is 0 Å². The molecular weight excluding hydrogens is 368 g/mol. The maximum atomic E-state index is 11.5. The van der Waals surface area contributed by atoms with Crippen LogP contribution in [0.15, 0.2) is 53.4 Å². The molecule has 0 spiro atoms. The van der Waals surface area contributed by atoms with Crippen LogP contribution in [0.3, 0.4) is 0 Å². The molecule has 3 aromatic rings. The number of rotatable bonds is 6. The fraction of sp³-hybridized carbons (Fsp3) is 0.222. The van der Waals surface area contributed by atoms with Gasteiger partial charge < -0.3 is 9.47 Å². The summed E-state index contributed by atoms with van der Waals surface area (Å²) in [5.41, 5.74) is 1.43. The third-order valence-electron chi connectivity index (χ3n) is 3.69. The molecule has 8 nitrogen and oxygen atoms in total. The predicted molar refractivity (Wildman–Crippen MR) is 100 cm³/mol. The van der Waals surface area contributed by atoms with Crippen LogP contribution in [0.2, 0.25) is 0 Å². The molecule has 9 heteroatoms. The summed E-state index contributed by atoms with van der Waals surface area (Å²) < 4.78 is 35.3. The van der Waals surface area contributed by atoms with Crippen molar-refractivity contribution < 1.29 is 17.9 Å². The van der Waals surface area contributed by atoms with E-state index in [0.717, 1.165) is 11.3 Å². The Morgan fingerprint density at radius 1 is 1.04 bits per heavy atom. The highest BCUT2D eigenvalue weighted by Gasteiger charge is 2.16. The molecule has 0 amide bonds. The normalized spacial score (nSPS) is 11.6. The minimum absolute atomic E-state index is 0.0241. The minimum atomic E-state index is -3.77. The average Bonchev–Trinajstić information content (AvgIpc) is 3.04. The van der Waals surface area contributed by atoms with E-state index in [1.807, 2.05) is 38.1 Å². The highest BCUT2D eigenvalue weighted by Crippen LogP contribution is 2.26. The lowest BCUT2D eigenvalue weighted by atomic mass is 10.2. The van der Waals surface area contributed by atoms with Crippen LogP contribution in [0.4, 0.5) is 0 Å². The maximum Gasteiger partial charge on any atom is 0.336 e. The van der Waals surface area contributed by atoms with Crippen molar-refractivity contribution in [3.05, 3.63) is 48.5 Å². The third-order valence-corrected chi connectivity index (χ3v) is 4.62. The van der Waals surface area contributed by atoms with Crippen molar-refractivity contribution in [1.82, 2.24) is 14.8 Å². The van der Waals surface area contributed by atoms with Crippen molar-refractivity contribution in [2.75, 3.05) is 7.11 Å². The standard InChI is InChI=1S/C18H20N4O4S/c1-12(2)26-18-20-17(13-4-8-15(25-3)9-5-13)22(21-18)14-6-10-16(11-7-14)27(19,23)24/h4-12H,1-3H3,(H2,19,23,24). The summed E-state index contributed by atoms with van der Waals surface area (Å²) >= 11 is 0. The number of methoxy groups -OCH3 is 1. The number of hydrogen-bond acceptors (Lipinski definition) is 6. The highest BCUT2D eigenvalue weighted by molar-refractivity contribution is 7.89. The Labute approximate surface area is 157 Å². The molecule has 27 heavy (non-hydrogen) atoms. The van der Waals surface area contributed by atoms with E-state index in [0.29, 0.717) is 11.5 Å². The zero-order valence-electron chi connectivity index (χ0n) is 15.2. The molecule has 0 bridgehead atoms. The number of nitrogens with zero attached hydrogens (tertiary/aromatic N) is 3. The zero-order valence-corrected chi connectivity index (χ0v) is 16.0. The van der Waals surface area contributed by atoms with Crippen molar-refractivity contribution in [2.24, 2.45) is 5.14 Å². The second kappa shape index (κ2) is 7.37. The first-order valence-electron chi connectivity index (χ1n) is 8.19. The van der Waals surface area contributed by atoms with Crippen molar-refractivity contribution in [3.8, 4) is 28.8 Å². The SMILES string of the molecule is COc1ccc(-c2nc(OC(C)C)nn2-c2ccc(S(N)(=O)=O)cc2)cc1. The van der Waals surface area contributed by atoms with Crippen LogP contribution in [-0.2, 0) is 10.0 Å². The van der Waals surface area contributed by atoms with Gasteiger partial charge in [0, 0.05) is 5.56 Å². The van der Waals surface area contributed by atoms with Gasteiger partial charge >= 0.3 is 6.01 Å². The van der Waals surface area contributed by atoms with Gasteiger partial charge in [-0.15, -0.1) is 5.10 Å². The van der Waals surface area contributed by atoms with Crippen LogP contribution in [-0.4, -0.2) is 36.4 Å². The smallest absolute Gasteiger partial charge is 0.336 e. The van der Waals surface area contributed by atoms with E-state index in [1.54, 1.807) is 23.9 Å². The lowest BCUT2D eigenvalue weighted by molar-refractivity contribution is 0.222. The Balaban J connectivity index is 2.08. The Morgan fingerprint density at radius 3 is 2.19 bits per heavy atom. The summed E-state index contributed by atoms with van der Waals surface area (Å²) in [6, 6.07) is 13.7. The van der Waals surface area contributed by atoms with Gasteiger partial charge in [-0.2, -0.15) is 4.98 Å². The van der Waals surface area contributed by atoms with Gasteiger partial charge in [-0.05, 0) is 62.4 Å². The van der Waals surface area contributed by atoms with Crippen LogP contribution < -0.4 is 14.6 Å². The zero-order chi connectivity index (χ0) is 19.6. The summed E-state index contributed by atoms with van der Waals surface area (Å²) in [5, 5.41) is 9.56. The number of hydrogen-bond donors (Lipinski definition) is 1. The first kappa shape index (κ1) is 18.9. The first-order valence-corrected chi connectivity index (χ1v) is 9.74. The Bertz CT molecular complexity index is 1030. The molecule has 3 rings (SSSR count). The Kier molecular flexibility index (Phi) is 5.15. The molecule has 0 radical (unpaired) electrons. The van der Waals surface area contributed by atoms with E-state index >= 15 is 0 Å². The molecule has 0 saturated heterocycles. The molecule has 0 unspecified atom stereocenters. The number of aromatic nitrogens is 3. The topological polar surface area (TPSA) is 109 Å². The lowest BCUT2D eigenvalue weighted by Gasteiger charge is -2.07. The molecule has 2 aromatic carbocycles. The van der Waals surface area contributed by atoms with Crippen LogP contribution in [0.25, 0.3) is 17.1 Å². The number of benzene rings is 2. The fourth-order valence-electron chi connectivity index (χ4n) is 2.44. The number of primary sulfonamides is 1. The third kappa shape index (κ3) is 4.26. The molecule has 0 atom stereocenters. The predicted octanol–water partition coefficient (Wildman–Crippen LogP) is 2.38. The number of ether oxygens (including phenoxy) is 2. The lowest BCUT2D eigenvalue weighted by Crippen LogP contribution is -2.12. The van der Waals surface area contributed by atoms with Gasteiger partial charge in [-0.25, -0.2) is 18.2 Å². The quantitative estimate of drug-likeness (QED) is 0.694. The summed E-state index contributed by atoms with van der Waals surface area (Å²) in [4.78, 5) is 4.49. The Morgan fingerprint density at radius 2 is 1.67 bits per heavy atom. The van der Waals surface area contributed by atoms with Gasteiger partial charge in [-0.1, -0.05) is 0 Å². The largest absolute Gasteiger partial charge is 0.497 e. The van der Waals surface area contributed by atoms with Gasteiger partial charge in [-0.3, -0.25) is 0 Å². The number of nitrogens with two attached hydrogens (primary N) is 1.